The van der Waals surface area contributed by atoms with Crippen LogP contribution >= 0.6 is 0 Å². The molecule has 0 aliphatic rings. The smallest absolute Gasteiger partial charge is 0.258 e. The van der Waals surface area contributed by atoms with Gasteiger partial charge in [-0.1, -0.05) is 12.1 Å². The number of aryl methyl sites for hydroxylation is 1. The van der Waals surface area contributed by atoms with Gasteiger partial charge in [-0.25, -0.2) is 4.98 Å². The third kappa shape index (κ3) is 3.92. The summed E-state index contributed by atoms with van der Waals surface area (Å²) in [6, 6.07) is 9.19. The van der Waals surface area contributed by atoms with Crippen molar-refractivity contribution in [3.8, 4) is 6.07 Å². The zero-order valence-electron chi connectivity index (χ0n) is 12.5. The Bertz CT molecular complexity index is 761. The minimum Gasteiger partial charge on any atom is -0.345 e. The Morgan fingerprint density at radius 2 is 2.18 bits per heavy atom. The van der Waals surface area contributed by atoms with Gasteiger partial charge in [-0.05, 0) is 18.6 Å². The minimum absolute atomic E-state index is 0.00149. The predicted octanol–water partition coefficient (Wildman–Crippen LogP) is 1.62. The van der Waals surface area contributed by atoms with Crippen molar-refractivity contribution in [2.75, 3.05) is 13.6 Å². The molecular formula is C16H18N4O2. The molecule has 1 aromatic heterocycles. The van der Waals surface area contributed by atoms with Gasteiger partial charge in [-0.3, -0.25) is 9.59 Å². The van der Waals surface area contributed by atoms with E-state index in [0.29, 0.717) is 49.0 Å². The first kappa shape index (κ1) is 15.7. The number of aromatic nitrogens is 2. The number of para-hydroxylation sites is 1. The molecule has 0 radical (unpaired) electrons. The second kappa shape index (κ2) is 7.36. The lowest BCUT2D eigenvalue weighted by molar-refractivity contribution is -0.129. The molecular weight excluding hydrogens is 280 g/mol. The van der Waals surface area contributed by atoms with Gasteiger partial charge in [0, 0.05) is 26.4 Å². The van der Waals surface area contributed by atoms with Gasteiger partial charge in [-0.15, -0.1) is 0 Å². The Kier molecular flexibility index (Phi) is 5.26. The van der Waals surface area contributed by atoms with Crippen LogP contribution in [-0.4, -0.2) is 34.4 Å². The maximum atomic E-state index is 11.9. The maximum Gasteiger partial charge on any atom is 0.258 e. The number of H-pyrrole nitrogens is 1. The molecule has 0 bridgehead atoms. The molecule has 114 valence electrons. The summed E-state index contributed by atoms with van der Waals surface area (Å²) in [5, 5.41) is 9.07. The zero-order valence-corrected chi connectivity index (χ0v) is 12.5. The highest BCUT2D eigenvalue weighted by atomic mass is 16.2. The predicted molar refractivity (Wildman–Crippen MR) is 83.2 cm³/mol. The van der Waals surface area contributed by atoms with Gasteiger partial charge in [0.1, 0.15) is 5.82 Å². The first-order chi connectivity index (χ1) is 10.6. The molecule has 2 aromatic rings. The topological polar surface area (TPSA) is 89.8 Å². The van der Waals surface area contributed by atoms with Gasteiger partial charge >= 0.3 is 0 Å². The summed E-state index contributed by atoms with van der Waals surface area (Å²) in [6.07, 6.45) is 1.86. The first-order valence-corrected chi connectivity index (χ1v) is 7.20. The second-order valence-electron chi connectivity index (χ2n) is 5.11. The van der Waals surface area contributed by atoms with E-state index < -0.39 is 0 Å². The molecule has 1 aromatic carbocycles. The summed E-state index contributed by atoms with van der Waals surface area (Å²) >= 11 is 0. The molecule has 1 N–H and O–H groups in total. The summed E-state index contributed by atoms with van der Waals surface area (Å²) in [7, 11) is 1.69. The molecule has 1 amide bonds. The van der Waals surface area contributed by atoms with E-state index in [2.05, 4.69) is 9.97 Å². The van der Waals surface area contributed by atoms with Crippen molar-refractivity contribution in [1.82, 2.24) is 14.9 Å². The van der Waals surface area contributed by atoms with Crippen LogP contribution in [0.15, 0.2) is 29.1 Å². The lowest BCUT2D eigenvalue weighted by Crippen LogP contribution is -2.27. The van der Waals surface area contributed by atoms with Crippen LogP contribution in [0, 0.1) is 11.3 Å². The molecule has 0 saturated heterocycles. The molecule has 0 unspecified atom stereocenters. The molecule has 0 aliphatic heterocycles. The molecule has 0 saturated carbocycles. The number of nitriles is 1. The zero-order chi connectivity index (χ0) is 15.9. The average molecular weight is 298 g/mol. The molecule has 22 heavy (non-hydrogen) atoms. The Morgan fingerprint density at radius 3 is 2.95 bits per heavy atom. The summed E-state index contributed by atoms with van der Waals surface area (Å²) in [5.41, 5.74) is 0.511. The monoisotopic (exact) mass is 298 g/mol. The van der Waals surface area contributed by atoms with Crippen LogP contribution < -0.4 is 5.56 Å². The Balaban J connectivity index is 1.94. The Hall–Kier alpha value is -2.68. The summed E-state index contributed by atoms with van der Waals surface area (Å²) in [5.74, 6) is 0.592. The number of benzene rings is 1. The fraction of sp³-hybridized carbons (Fsp3) is 0.375. The minimum atomic E-state index is -0.155. The standard InChI is InChI=1S/C16H18N4O2/c1-20(11-5-10-17)15(21)9-4-8-14-18-13-7-3-2-6-12(13)16(22)19-14/h2-3,6-7H,4-5,8-9,11H2,1H3,(H,18,19,22). The summed E-state index contributed by atoms with van der Waals surface area (Å²) in [4.78, 5) is 32.5. The number of nitrogens with one attached hydrogen (secondary N) is 1. The van der Waals surface area contributed by atoms with Gasteiger partial charge in [0.25, 0.3) is 5.56 Å². The average Bonchev–Trinajstić information content (AvgIpc) is 2.52. The lowest BCUT2D eigenvalue weighted by Gasteiger charge is -2.15. The van der Waals surface area contributed by atoms with Crippen LogP contribution in [0.4, 0.5) is 0 Å². The molecule has 2 rings (SSSR count). The fourth-order valence-corrected chi connectivity index (χ4v) is 2.19. The van der Waals surface area contributed by atoms with Gasteiger partial charge in [0.05, 0.1) is 23.4 Å². The van der Waals surface area contributed by atoms with Crippen molar-refractivity contribution >= 4 is 16.8 Å². The molecule has 6 nitrogen and oxygen atoms in total. The number of nitrogens with zero attached hydrogens (tertiary/aromatic N) is 3. The highest BCUT2D eigenvalue weighted by Gasteiger charge is 2.09. The van der Waals surface area contributed by atoms with E-state index in [9.17, 15) is 9.59 Å². The van der Waals surface area contributed by atoms with Crippen LogP contribution in [0.5, 0.6) is 0 Å². The Labute approximate surface area is 128 Å². The number of carbonyl (C=O) groups excluding carboxylic acids is 1. The normalized spacial score (nSPS) is 10.4. The highest BCUT2D eigenvalue weighted by Crippen LogP contribution is 2.07. The third-order valence-corrected chi connectivity index (χ3v) is 3.45. The fourth-order valence-electron chi connectivity index (χ4n) is 2.19. The van der Waals surface area contributed by atoms with E-state index in [-0.39, 0.29) is 11.5 Å². The largest absolute Gasteiger partial charge is 0.345 e. The van der Waals surface area contributed by atoms with Crippen LogP contribution in [0.2, 0.25) is 0 Å². The Morgan fingerprint density at radius 1 is 1.41 bits per heavy atom. The van der Waals surface area contributed by atoms with E-state index in [1.807, 2.05) is 12.1 Å². The second-order valence-corrected chi connectivity index (χ2v) is 5.11. The number of aromatic amines is 1. The van der Waals surface area contributed by atoms with Crippen molar-refractivity contribution in [1.29, 1.82) is 5.26 Å². The number of fused-ring (bicyclic) bond motifs is 1. The van der Waals surface area contributed by atoms with Crippen LogP contribution in [-0.2, 0) is 11.2 Å². The van der Waals surface area contributed by atoms with Gasteiger partial charge in [0.2, 0.25) is 5.91 Å². The quantitative estimate of drug-likeness (QED) is 0.877. The van der Waals surface area contributed by atoms with E-state index in [1.165, 1.54) is 0 Å². The van der Waals surface area contributed by atoms with E-state index in [4.69, 9.17) is 5.26 Å². The highest BCUT2D eigenvalue weighted by molar-refractivity contribution is 5.77. The molecule has 6 heteroatoms. The van der Waals surface area contributed by atoms with Crippen molar-refractivity contribution in [2.24, 2.45) is 0 Å². The van der Waals surface area contributed by atoms with Crippen molar-refractivity contribution in [3.05, 3.63) is 40.4 Å². The van der Waals surface area contributed by atoms with Crippen LogP contribution in [0.25, 0.3) is 10.9 Å². The summed E-state index contributed by atoms with van der Waals surface area (Å²) in [6.45, 7) is 0.445. The number of amides is 1. The molecule has 1 heterocycles. The van der Waals surface area contributed by atoms with E-state index in [1.54, 1.807) is 30.1 Å². The maximum absolute atomic E-state index is 11.9. The van der Waals surface area contributed by atoms with Gasteiger partial charge in [-0.2, -0.15) is 5.26 Å². The lowest BCUT2D eigenvalue weighted by atomic mass is 10.2. The molecule has 0 spiro atoms. The van der Waals surface area contributed by atoms with Crippen molar-refractivity contribution < 1.29 is 4.79 Å². The third-order valence-electron chi connectivity index (χ3n) is 3.45. The van der Waals surface area contributed by atoms with Gasteiger partial charge in [0.15, 0.2) is 0 Å². The number of hydrogen-bond donors (Lipinski definition) is 1. The first-order valence-electron chi connectivity index (χ1n) is 7.20. The molecule has 0 fully saturated rings. The number of carbonyl (C=O) groups is 1. The van der Waals surface area contributed by atoms with E-state index in [0.717, 1.165) is 0 Å². The SMILES string of the molecule is CN(CCC#N)C(=O)CCCc1nc2ccccc2c(=O)[nH]1. The van der Waals surface area contributed by atoms with E-state index >= 15 is 0 Å². The van der Waals surface area contributed by atoms with Crippen LogP contribution in [0.1, 0.15) is 25.1 Å². The van der Waals surface area contributed by atoms with Crippen molar-refractivity contribution in [2.45, 2.75) is 25.7 Å². The summed E-state index contributed by atoms with van der Waals surface area (Å²) < 4.78 is 0. The van der Waals surface area contributed by atoms with Gasteiger partial charge < -0.3 is 9.88 Å². The number of rotatable bonds is 6. The van der Waals surface area contributed by atoms with Crippen LogP contribution in [0.3, 0.4) is 0 Å². The molecule has 0 atom stereocenters. The van der Waals surface area contributed by atoms with Crippen molar-refractivity contribution in [3.63, 3.8) is 0 Å². The molecule has 0 aliphatic carbocycles. The number of hydrogen-bond acceptors (Lipinski definition) is 4.